The Labute approximate surface area is 95.1 Å². The van der Waals surface area contributed by atoms with Gasteiger partial charge in [0.25, 0.3) is 0 Å². The number of hydrogen-bond donors (Lipinski definition) is 2. The Morgan fingerprint density at radius 1 is 1.38 bits per heavy atom. The standard InChI is InChI=1S/C12H16N4/c1-16-12(6-8-15-16)5-7-14-11-4-2-3-10(13)9-11/h2-4,6,8-9,14H,5,7,13H2,1H3. The van der Waals surface area contributed by atoms with Crippen LogP contribution in [-0.4, -0.2) is 16.3 Å². The molecule has 0 atom stereocenters. The van der Waals surface area contributed by atoms with Crippen molar-refractivity contribution in [3.63, 3.8) is 0 Å². The SMILES string of the molecule is Cn1nccc1CCNc1cccc(N)c1. The van der Waals surface area contributed by atoms with Gasteiger partial charge in [0.2, 0.25) is 0 Å². The zero-order valence-corrected chi connectivity index (χ0v) is 9.35. The number of nitrogen functional groups attached to an aromatic ring is 1. The smallest absolute Gasteiger partial charge is 0.0492 e. The van der Waals surface area contributed by atoms with Crippen LogP contribution in [-0.2, 0) is 13.5 Å². The first-order valence-electron chi connectivity index (χ1n) is 5.32. The lowest BCUT2D eigenvalue weighted by Gasteiger charge is -2.07. The number of nitrogens with one attached hydrogen (secondary N) is 1. The van der Waals surface area contributed by atoms with E-state index in [4.69, 9.17) is 5.73 Å². The minimum atomic E-state index is 0.783. The first kappa shape index (κ1) is 10.5. The normalized spacial score (nSPS) is 10.3. The quantitative estimate of drug-likeness (QED) is 0.764. The third kappa shape index (κ3) is 2.53. The summed E-state index contributed by atoms with van der Waals surface area (Å²) in [4.78, 5) is 0. The van der Waals surface area contributed by atoms with Crippen molar-refractivity contribution < 1.29 is 0 Å². The maximum atomic E-state index is 5.69. The molecule has 4 heteroatoms. The van der Waals surface area contributed by atoms with E-state index in [9.17, 15) is 0 Å². The predicted octanol–water partition coefficient (Wildman–Crippen LogP) is 1.66. The van der Waals surface area contributed by atoms with E-state index in [0.29, 0.717) is 0 Å². The fourth-order valence-corrected chi connectivity index (χ4v) is 1.63. The Hall–Kier alpha value is -1.97. The maximum Gasteiger partial charge on any atom is 0.0492 e. The van der Waals surface area contributed by atoms with Crippen molar-refractivity contribution in [2.45, 2.75) is 6.42 Å². The van der Waals surface area contributed by atoms with Crippen molar-refractivity contribution >= 4 is 11.4 Å². The highest BCUT2D eigenvalue weighted by atomic mass is 15.3. The number of anilines is 2. The zero-order valence-electron chi connectivity index (χ0n) is 9.35. The summed E-state index contributed by atoms with van der Waals surface area (Å²) < 4.78 is 1.89. The van der Waals surface area contributed by atoms with Gasteiger partial charge in [-0.05, 0) is 24.3 Å². The van der Waals surface area contributed by atoms with Crippen LogP contribution in [0.15, 0.2) is 36.5 Å². The van der Waals surface area contributed by atoms with Gasteiger partial charge in [-0.15, -0.1) is 0 Å². The van der Waals surface area contributed by atoms with Gasteiger partial charge in [-0.3, -0.25) is 4.68 Å². The Morgan fingerprint density at radius 2 is 2.25 bits per heavy atom. The zero-order chi connectivity index (χ0) is 11.4. The van der Waals surface area contributed by atoms with Gasteiger partial charge in [-0.25, -0.2) is 0 Å². The van der Waals surface area contributed by atoms with Gasteiger partial charge in [0.1, 0.15) is 0 Å². The van der Waals surface area contributed by atoms with E-state index in [2.05, 4.69) is 10.4 Å². The Balaban J connectivity index is 1.87. The van der Waals surface area contributed by atoms with E-state index in [1.54, 1.807) is 0 Å². The molecule has 1 aromatic heterocycles. The molecule has 0 radical (unpaired) electrons. The number of aryl methyl sites for hydroxylation is 1. The molecule has 0 saturated heterocycles. The van der Waals surface area contributed by atoms with Gasteiger partial charge in [0, 0.05) is 43.3 Å². The number of aromatic nitrogens is 2. The lowest BCUT2D eigenvalue weighted by Crippen LogP contribution is -2.08. The molecular formula is C12H16N4. The predicted molar refractivity (Wildman–Crippen MR) is 66.3 cm³/mol. The summed E-state index contributed by atoms with van der Waals surface area (Å²) in [6.07, 6.45) is 2.77. The van der Waals surface area contributed by atoms with E-state index >= 15 is 0 Å². The van der Waals surface area contributed by atoms with Crippen LogP contribution in [0.2, 0.25) is 0 Å². The molecule has 0 aliphatic rings. The number of hydrogen-bond acceptors (Lipinski definition) is 3. The summed E-state index contributed by atoms with van der Waals surface area (Å²) in [5.41, 5.74) is 8.75. The fraction of sp³-hybridized carbons (Fsp3) is 0.250. The van der Waals surface area contributed by atoms with Crippen LogP contribution >= 0.6 is 0 Å². The highest BCUT2D eigenvalue weighted by Crippen LogP contribution is 2.11. The minimum Gasteiger partial charge on any atom is -0.399 e. The van der Waals surface area contributed by atoms with Crippen LogP contribution < -0.4 is 11.1 Å². The van der Waals surface area contributed by atoms with Crippen molar-refractivity contribution in [3.05, 3.63) is 42.2 Å². The Morgan fingerprint density at radius 3 is 2.94 bits per heavy atom. The largest absolute Gasteiger partial charge is 0.399 e. The molecule has 0 spiro atoms. The summed E-state index contributed by atoms with van der Waals surface area (Å²) >= 11 is 0. The topological polar surface area (TPSA) is 55.9 Å². The van der Waals surface area contributed by atoms with E-state index in [-0.39, 0.29) is 0 Å². The molecule has 84 valence electrons. The molecule has 1 heterocycles. The molecule has 0 unspecified atom stereocenters. The molecule has 2 rings (SSSR count). The van der Waals surface area contributed by atoms with Crippen molar-refractivity contribution in [2.75, 3.05) is 17.6 Å². The average Bonchev–Trinajstić information content (AvgIpc) is 2.65. The summed E-state index contributed by atoms with van der Waals surface area (Å²) in [6.45, 7) is 0.878. The third-order valence-electron chi connectivity index (χ3n) is 2.52. The monoisotopic (exact) mass is 216 g/mol. The molecule has 2 aromatic rings. The van der Waals surface area contributed by atoms with E-state index in [1.807, 2.05) is 48.3 Å². The molecule has 0 aliphatic heterocycles. The van der Waals surface area contributed by atoms with Crippen LogP contribution in [0.3, 0.4) is 0 Å². The third-order valence-corrected chi connectivity index (χ3v) is 2.52. The first-order valence-corrected chi connectivity index (χ1v) is 5.32. The van der Waals surface area contributed by atoms with Crippen LogP contribution in [0.4, 0.5) is 11.4 Å². The van der Waals surface area contributed by atoms with E-state index in [1.165, 1.54) is 5.69 Å². The molecule has 0 amide bonds. The second-order valence-electron chi connectivity index (χ2n) is 3.75. The molecule has 0 saturated carbocycles. The molecule has 0 aliphatic carbocycles. The van der Waals surface area contributed by atoms with Gasteiger partial charge in [-0.1, -0.05) is 6.07 Å². The molecule has 0 fully saturated rings. The van der Waals surface area contributed by atoms with Crippen molar-refractivity contribution in [1.29, 1.82) is 0 Å². The van der Waals surface area contributed by atoms with Crippen LogP contribution in [0.25, 0.3) is 0 Å². The summed E-state index contributed by atoms with van der Waals surface area (Å²) in [5.74, 6) is 0. The van der Waals surface area contributed by atoms with Gasteiger partial charge < -0.3 is 11.1 Å². The molecule has 0 bridgehead atoms. The summed E-state index contributed by atoms with van der Waals surface area (Å²) in [6, 6.07) is 9.80. The Bertz CT molecular complexity index is 462. The summed E-state index contributed by atoms with van der Waals surface area (Å²) in [5, 5.41) is 7.46. The molecule has 16 heavy (non-hydrogen) atoms. The minimum absolute atomic E-state index is 0.783. The van der Waals surface area contributed by atoms with Gasteiger partial charge in [0.15, 0.2) is 0 Å². The lowest BCUT2D eigenvalue weighted by molar-refractivity contribution is 0.711. The maximum absolute atomic E-state index is 5.69. The van der Waals surface area contributed by atoms with Gasteiger partial charge in [0.05, 0.1) is 0 Å². The molecule has 4 nitrogen and oxygen atoms in total. The molecular weight excluding hydrogens is 200 g/mol. The highest BCUT2D eigenvalue weighted by molar-refractivity contribution is 5.54. The number of nitrogens with two attached hydrogens (primary N) is 1. The van der Waals surface area contributed by atoms with E-state index in [0.717, 1.165) is 24.3 Å². The summed E-state index contributed by atoms with van der Waals surface area (Å²) in [7, 11) is 1.95. The first-order chi connectivity index (χ1) is 7.75. The second-order valence-corrected chi connectivity index (χ2v) is 3.75. The number of nitrogens with zero attached hydrogens (tertiary/aromatic N) is 2. The average molecular weight is 216 g/mol. The van der Waals surface area contributed by atoms with Crippen molar-refractivity contribution in [2.24, 2.45) is 7.05 Å². The van der Waals surface area contributed by atoms with Gasteiger partial charge >= 0.3 is 0 Å². The Kier molecular flexibility index (Phi) is 3.10. The van der Waals surface area contributed by atoms with Crippen LogP contribution in [0.1, 0.15) is 5.69 Å². The second kappa shape index (κ2) is 4.70. The number of benzene rings is 1. The van der Waals surface area contributed by atoms with Crippen LogP contribution in [0, 0.1) is 0 Å². The van der Waals surface area contributed by atoms with Crippen molar-refractivity contribution in [3.8, 4) is 0 Å². The van der Waals surface area contributed by atoms with E-state index < -0.39 is 0 Å². The van der Waals surface area contributed by atoms with Crippen molar-refractivity contribution in [1.82, 2.24) is 9.78 Å². The lowest BCUT2D eigenvalue weighted by atomic mass is 10.2. The molecule has 3 N–H and O–H groups in total. The van der Waals surface area contributed by atoms with Crippen LogP contribution in [0.5, 0.6) is 0 Å². The molecule has 1 aromatic carbocycles. The fourth-order valence-electron chi connectivity index (χ4n) is 1.63. The highest BCUT2D eigenvalue weighted by Gasteiger charge is 1.98. The van der Waals surface area contributed by atoms with Gasteiger partial charge in [-0.2, -0.15) is 5.10 Å². The number of rotatable bonds is 4.